The fraction of sp³-hybridized carbons (Fsp3) is 0.533. The molecule has 2 nitrogen and oxygen atoms in total. The predicted octanol–water partition coefficient (Wildman–Crippen LogP) is 2.53. The van der Waals surface area contributed by atoms with E-state index in [-0.39, 0.29) is 5.92 Å². The van der Waals surface area contributed by atoms with Crippen LogP contribution in [0, 0.1) is 5.92 Å². The van der Waals surface area contributed by atoms with Gasteiger partial charge in [0.05, 0.1) is 33.6 Å². The van der Waals surface area contributed by atoms with E-state index in [0.29, 0.717) is 5.78 Å². The minimum Gasteiger partial charge on any atom is -0.330 e. The van der Waals surface area contributed by atoms with Crippen LogP contribution in [0.4, 0.5) is 0 Å². The Balaban J connectivity index is 2.26. The molecule has 0 aliphatic heterocycles. The lowest BCUT2D eigenvalue weighted by Crippen LogP contribution is -2.41. The standard InChI is InChI=1S/C15H22NO/c1-16(2,3)11-13-9-6-8-12-7-4-5-10-14(12)15(13)17/h4-5,7,10,13H,6,8-9,11H2,1-3H3/q+1. The SMILES string of the molecule is C[N+](C)(C)CC1CCCc2ccccc2C1=O. The molecule has 0 spiro atoms. The molecule has 17 heavy (non-hydrogen) atoms. The molecule has 0 fully saturated rings. The quantitative estimate of drug-likeness (QED) is 0.565. The Morgan fingerprint density at radius 3 is 2.65 bits per heavy atom. The van der Waals surface area contributed by atoms with Crippen LogP contribution in [0.1, 0.15) is 28.8 Å². The number of carbonyl (C=O) groups excluding carboxylic acids is 1. The minimum atomic E-state index is 0.193. The molecule has 2 rings (SSSR count). The second-order valence-electron chi connectivity index (χ2n) is 6.08. The van der Waals surface area contributed by atoms with Gasteiger partial charge in [0, 0.05) is 5.56 Å². The highest BCUT2D eigenvalue weighted by Gasteiger charge is 2.29. The second kappa shape index (κ2) is 4.61. The highest BCUT2D eigenvalue weighted by atomic mass is 16.1. The molecule has 1 aromatic carbocycles. The number of aryl methyl sites for hydroxylation is 1. The number of fused-ring (bicyclic) bond motifs is 1. The number of nitrogens with zero attached hydrogens (tertiary/aromatic N) is 1. The van der Waals surface area contributed by atoms with Crippen LogP contribution in [0.2, 0.25) is 0 Å². The molecule has 0 heterocycles. The number of hydrogen-bond donors (Lipinski definition) is 0. The first kappa shape index (κ1) is 12.3. The van der Waals surface area contributed by atoms with Crippen molar-refractivity contribution in [1.29, 1.82) is 0 Å². The Labute approximate surface area is 104 Å². The molecule has 1 aromatic rings. The number of ketones is 1. The number of carbonyl (C=O) groups is 1. The predicted molar refractivity (Wildman–Crippen MR) is 70.1 cm³/mol. The highest BCUT2D eigenvalue weighted by molar-refractivity contribution is 5.99. The summed E-state index contributed by atoms with van der Waals surface area (Å²) in [5.41, 5.74) is 2.20. The van der Waals surface area contributed by atoms with Crippen molar-refractivity contribution in [2.75, 3.05) is 27.7 Å². The number of hydrogen-bond acceptors (Lipinski definition) is 1. The zero-order valence-corrected chi connectivity index (χ0v) is 11.1. The minimum absolute atomic E-state index is 0.193. The number of benzene rings is 1. The Hall–Kier alpha value is -1.15. The van der Waals surface area contributed by atoms with E-state index in [1.54, 1.807) is 0 Å². The van der Waals surface area contributed by atoms with Crippen molar-refractivity contribution in [1.82, 2.24) is 0 Å². The average molecular weight is 232 g/mol. The van der Waals surface area contributed by atoms with Gasteiger partial charge in [-0.3, -0.25) is 4.79 Å². The Morgan fingerprint density at radius 2 is 1.94 bits per heavy atom. The van der Waals surface area contributed by atoms with Gasteiger partial charge in [0.25, 0.3) is 0 Å². The first-order valence-corrected chi connectivity index (χ1v) is 6.40. The Kier molecular flexibility index (Phi) is 3.34. The molecular weight excluding hydrogens is 210 g/mol. The smallest absolute Gasteiger partial charge is 0.171 e. The van der Waals surface area contributed by atoms with Gasteiger partial charge in [0.1, 0.15) is 0 Å². The van der Waals surface area contributed by atoms with E-state index in [2.05, 4.69) is 27.2 Å². The van der Waals surface area contributed by atoms with Gasteiger partial charge < -0.3 is 4.48 Å². The molecule has 0 N–H and O–H groups in total. The lowest BCUT2D eigenvalue weighted by Gasteiger charge is -2.28. The van der Waals surface area contributed by atoms with Crippen molar-refractivity contribution in [3.05, 3.63) is 35.4 Å². The van der Waals surface area contributed by atoms with E-state index in [4.69, 9.17) is 0 Å². The zero-order chi connectivity index (χ0) is 12.5. The molecule has 0 bridgehead atoms. The van der Waals surface area contributed by atoms with Crippen molar-refractivity contribution >= 4 is 5.78 Å². The van der Waals surface area contributed by atoms with Gasteiger partial charge in [-0.1, -0.05) is 24.3 Å². The van der Waals surface area contributed by atoms with Gasteiger partial charge in [-0.05, 0) is 24.8 Å². The lowest BCUT2D eigenvalue weighted by atomic mass is 9.94. The Morgan fingerprint density at radius 1 is 1.24 bits per heavy atom. The van der Waals surface area contributed by atoms with Crippen LogP contribution in [0.25, 0.3) is 0 Å². The molecule has 0 amide bonds. The van der Waals surface area contributed by atoms with Crippen LogP contribution in [0.5, 0.6) is 0 Å². The molecule has 2 heteroatoms. The molecule has 1 aliphatic carbocycles. The van der Waals surface area contributed by atoms with E-state index < -0.39 is 0 Å². The number of Topliss-reactive ketones (excluding diaryl/α,β-unsaturated/α-hetero) is 1. The summed E-state index contributed by atoms with van der Waals surface area (Å²) in [6.45, 7) is 0.938. The summed E-state index contributed by atoms with van der Waals surface area (Å²) >= 11 is 0. The van der Waals surface area contributed by atoms with Crippen molar-refractivity contribution < 1.29 is 9.28 Å². The van der Waals surface area contributed by atoms with Gasteiger partial charge in [-0.25, -0.2) is 0 Å². The van der Waals surface area contributed by atoms with Gasteiger partial charge in [0.2, 0.25) is 0 Å². The van der Waals surface area contributed by atoms with Gasteiger partial charge in [0.15, 0.2) is 5.78 Å². The zero-order valence-electron chi connectivity index (χ0n) is 11.1. The Bertz CT molecular complexity index is 417. The molecule has 1 unspecified atom stereocenters. The maximum Gasteiger partial charge on any atom is 0.171 e. The van der Waals surface area contributed by atoms with Gasteiger partial charge in [-0.15, -0.1) is 0 Å². The molecule has 0 radical (unpaired) electrons. The topological polar surface area (TPSA) is 17.1 Å². The molecule has 0 aromatic heterocycles. The summed E-state index contributed by atoms with van der Waals surface area (Å²) in [7, 11) is 6.47. The summed E-state index contributed by atoms with van der Waals surface area (Å²) < 4.78 is 0.860. The van der Waals surface area contributed by atoms with Crippen LogP contribution >= 0.6 is 0 Å². The van der Waals surface area contributed by atoms with Crippen LogP contribution in [0.3, 0.4) is 0 Å². The monoisotopic (exact) mass is 232 g/mol. The van der Waals surface area contributed by atoms with Crippen molar-refractivity contribution in [2.45, 2.75) is 19.3 Å². The molecule has 1 aliphatic rings. The van der Waals surface area contributed by atoms with Gasteiger partial charge in [-0.2, -0.15) is 0 Å². The second-order valence-corrected chi connectivity index (χ2v) is 6.08. The summed E-state index contributed by atoms with van der Waals surface area (Å²) in [6, 6.07) is 8.10. The largest absolute Gasteiger partial charge is 0.330 e. The van der Waals surface area contributed by atoms with E-state index >= 15 is 0 Å². The van der Waals surface area contributed by atoms with Crippen LogP contribution < -0.4 is 0 Å². The van der Waals surface area contributed by atoms with E-state index in [1.807, 2.05) is 18.2 Å². The molecule has 0 saturated heterocycles. The summed E-state index contributed by atoms with van der Waals surface area (Å²) in [4.78, 5) is 12.5. The molecule has 92 valence electrons. The summed E-state index contributed by atoms with van der Waals surface area (Å²) in [6.07, 6.45) is 3.21. The third kappa shape index (κ3) is 2.95. The van der Waals surface area contributed by atoms with Crippen LogP contribution in [0.15, 0.2) is 24.3 Å². The third-order valence-corrected chi connectivity index (χ3v) is 3.42. The lowest BCUT2D eigenvalue weighted by molar-refractivity contribution is -0.872. The first-order valence-electron chi connectivity index (χ1n) is 6.40. The normalized spacial score (nSPS) is 20.9. The van der Waals surface area contributed by atoms with E-state index in [9.17, 15) is 4.79 Å². The number of quaternary nitrogens is 1. The van der Waals surface area contributed by atoms with Crippen LogP contribution in [-0.4, -0.2) is 38.0 Å². The third-order valence-electron chi connectivity index (χ3n) is 3.42. The fourth-order valence-electron chi connectivity index (χ4n) is 2.70. The first-order chi connectivity index (χ1) is 7.97. The highest BCUT2D eigenvalue weighted by Crippen LogP contribution is 2.25. The maximum atomic E-state index is 12.5. The fourth-order valence-corrected chi connectivity index (χ4v) is 2.70. The van der Waals surface area contributed by atoms with Crippen molar-refractivity contribution in [2.24, 2.45) is 5.92 Å². The molecule has 0 saturated carbocycles. The van der Waals surface area contributed by atoms with Crippen molar-refractivity contribution in [3.8, 4) is 0 Å². The average Bonchev–Trinajstić information content (AvgIpc) is 2.39. The maximum absolute atomic E-state index is 12.5. The van der Waals surface area contributed by atoms with Crippen molar-refractivity contribution in [3.63, 3.8) is 0 Å². The number of rotatable bonds is 2. The van der Waals surface area contributed by atoms with E-state index in [1.165, 1.54) is 5.56 Å². The van der Waals surface area contributed by atoms with E-state index in [0.717, 1.165) is 35.9 Å². The molecular formula is C15H22NO+. The molecule has 1 atom stereocenters. The summed E-state index contributed by atoms with van der Waals surface area (Å²) in [5, 5.41) is 0. The summed E-state index contributed by atoms with van der Waals surface area (Å²) in [5.74, 6) is 0.546. The van der Waals surface area contributed by atoms with Gasteiger partial charge >= 0.3 is 0 Å². The van der Waals surface area contributed by atoms with Crippen LogP contribution in [-0.2, 0) is 6.42 Å².